The fraction of sp³-hybridized carbons (Fsp3) is 0.200. The van der Waals surface area contributed by atoms with Crippen LogP contribution in [0.5, 0.6) is 11.8 Å². The fourth-order valence-corrected chi connectivity index (χ4v) is 1.22. The molecule has 0 bridgehead atoms. The van der Waals surface area contributed by atoms with E-state index in [4.69, 9.17) is 4.74 Å². The molecule has 1 aromatic carbocycles. The smallest absolute Gasteiger partial charge is 0.340 e. The molecule has 0 saturated carbocycles. The minimum Gasteiger partial charge on any atom is -0.423 e. The van der Waals surface area contributed by atoms with Gasteiger partial charge in [-0.15, -0.1) is 0 Å². The molecular formula is C10H11N5O2. The number of nitrogens with one attached hydrogen (secondary N) is 1. The molecule has 7 nitrogen and oxygen atoms in total. The van der Waals surface area contributed by atoms with E-state index in [1.54, 1.807) is 31.3 Å². The molecule has 2 rings (SSSR count). The first-order chi connectivity index (χ1) is 8.15. The van der Waals surface area contributed by atoms with Crippen LogP contribution in [0.3, 0.4) is 0 Å². The maximum atomic E-state index is 10.8. The van der Waals surface area contributed by atoms with Gasteiger partial charge in [-0.1, -0.05) is 5.10 Å². The van der Waals surface area contributed by atoms with E-state index in [-0.39, 0.29) is 5.91 Å². The third kappa shape index (κ3) is 2.77. The van der Waals surface area contributed by atoms with Crippen molar-refractivity contribution in [1.82, 2.24) is 20.2 Å². The number of ether oxygens (including phenoxy) is 1. The standard InChI is InChI=1S/C10H11N5O2/c1-7(16)11-8-3-5-9(6-4-8)17-10-12-13-14-15(10)2/h3-6H,1-2H3,(H,11,16). The topological polar surface area (TPSA) is 81.9 Å². The first kappa shape index (κ1) is 11.1. The van der Waals surface area contributed by atoms with E-state index in [2.05, 4.69) is 20.8 Å². The Morgan fingerprint density at radius 1 is 1.35 bits per heavy atom. The molecule has 0 aliphatic carbocycles. The predicted octanol–water partition coefficient (Wildman–Crippen LogP) is 0.961. The van der Waals surface area contributed by atoms with Gasteiger partial charge in [-0.25, -0.2) is 0 Å². The van der Waals surface area contributed by atoms with Crippen molar-refractivity contribution in [1.29, 1.82) is 0 Å². The van der Waals surface area contributed by atoms with Gasteiger partial charge in [0.2, 0.25) is 5.91 Å². The highest BCUT2D eigenvalue weighted by atomic mass is 16.5. The Kier molecular flexibility index (Phi) is 2.99. The van der Waals surface area contributed by atoms with E-state index in [9.17, 15) is 4.79 Å². The number of aromatic nitrogens is 4. The van der Waals surface area contributed by atoms with Gasteiger partial charge < -0.3 is 10.1 Å². The van der Waals surface area contributed by atoms with Gasteiger partial charge >= 0.3 is 6.01 Å². The Morgan fingerprint density at radius 3 is 2.59 bits per heavy atom. The number of rotatable bonds is 3. The number of nitrogens with zero attached hydrogens (tertiary/aromatic N) is 4. The number of amides is 1. The lowest BCUT2D eigenvalue weighted by atomic mass is 10.3. The van der Waals surface area contributed by atoms with Crippen molar-refractivity contribution < 1.29 is 9.53 Å². The average molecular weight is 233 g/mol. The predicted molar refractivity (Wildman–Crippen MR) is 59.6 cm³/mol. The summed E-state index contributed by atoms with van der Waals surface area (Å²) in [7, 11) is 1.68. The minimum atomic E-state index is -0.115. The number of hydrogen-bond donors (Lipinski definition) is 1. The van der Waals surface area contributed by atoms with Crippen LogP contribution in [0.15, 0.2) is 24.3 Å². The second-order valence-corrected chi connectivity index (χ2v) is 3.39. The maximum absolute atomic E-state index is 10.8. The van der Waals surface area contributed by atoms with Gasteiger partial charge in [0, 0.05) is 19.7 Å². The molecule has 7 heteroatoms. The summed E-state index contributed by atoms with van der Waals surface area (Å²) in [5.41, 5.74) is 0.709. The zero-order valence-corrected chi connectivity index (χ0v) is 9.41. The third-order valence-electron chi connectivity index (χ3n) is 1.97. The maximum Gasteiger partial charge on any atom is 0.340 e. The lowest BCUT2D eigenvalue weighted by Gasteiger charge is -2.05. The van der Waals surface area contributed by atoms with E-state index < -0.39 is 0 Å². The lowest BCUT2D eigenvalue weighted by Crippen LogP contribution is -2.05. The first-order valence-electron chi connectivity index (χ1n) is 4.93. The molecule has 2 aromatic rings. The summed E-state index contributed by atoms with van der Waals surface area (Å²) in [5.74, 6) is 0.480. The number of anilines is 1. The summed E-state index contributed by atoms with van der Waals surface area (Å²) in [6.07, 6.45) is 0. The van der Waals surface area contributed by atoms with Crippen molar-refractivity contribution in [2.24, 2.45) is 7.05 Å². The van der Waals surface area contributed by atoms with Crippen LogP contribution in [0.1, 0.15) is 6.92 Å². The van der Waals surface area contributed by atoms with Crippen molar-refractivity contribution in [3.63, 3.8) is 0 Å². The molecule has 0 atom stereocenters. The van der Waals surface area contributed by atoms with E-state index in [0.29, 0.717) is 17.4 Å². The van der Waals surface area contributed by atoms with Gasteiger partial charge in [-0.2, -0.15) is 4.68 Å². The number of hydrogen-bond acceptors (Lipinski definition) is 5. The Bertz CT molecular complexity index is 520. The van der Waals surface area contributed by atoms with Crippen molar-refractivity contribution in [2.75, 3.05) is 5.32 Å². The highest BCUT2D eigenvalue weighted by molar-refractivity contribution is 5.88. The third-order valence-corrected chi connectivity index (χ3v) is 1.97. The molecule has 0 aliphatic rings. The first-order valence-corrected chi connectivity index (χ1v) is 4.93. The van der Waals surface area contributed by atoms with Crippen LogP contribution < -0.4 is 10.1 Å². The summed E-state index contributed by atoms with van der Waals surface area (Å²) in [6, 6.07) is 7.22. The largest absolute Gasteiger partial charge is 0.423 e. The highest BCUT2D eigenvalue weighted by Crippen LogP contribution is 2.20. The van der Waals surface area contributed by atoms with Gasteiger partial charge in [0.25, 0.3) is 0 Å². The number of benzene rings is 1. The van der Waals surface area contributed by atoms with Crippen LogP contribution in [0.4, 0.5) is 5.69 Å². The summed E-state index contributed by atoms with van der Waals surface area (Å²) in [5, 5.41) is 13.5. The zero-order valence-electron chi connectivity index (χ0n) is 9.41. The molecule has 1 heterocycles. The zero-order chi connectivity index (χ0) is 12.3. The molecule has 0 radical (unpaired) electrons. The molecule has 1 aromatic heterocycles. The Balaban J connectivity index is 2.08. The minimum absolute atomic E-state index is 0.115. The van der Waals surface area contributed by atoms with E-state index in [1.165, 1.54) is 11.6 Å². The van der Waals surface area contributed by atoms with E-state index in [1.807, 2.05) is 0 Å². The summed E-state index contributed by atoms with van der Waals surface area (Å²) in [6.45, 7) is 1.45. The second kappa shape index (κ2) is 4.60. The van der Waals surface area contributed by atoms with E-state index >= 15 is 0 Å². The van der Waals surface area contributed by atoms with Crippen LogP contribution in [-0.2, 0) is 11.8 Å². The molecule has 0 aliphatic heterocycles. The molecule has 0 unspecified atom stereocenters. The molecular weight excluding hydrogens is 222 g/mol. The average Bonchev–Trinajstić information content (AvgIpc) is 2.67. The molecule has 17 heavy (non-hydrogen) atoms. The van der Waals surface area contributed by atoms with Crippen LogP contribution in [-0.4, -0.2) is 26.1 Å². The number of carbonyl (C=O) groups excluding carboxylic acids is 1. The number of tetrazole rings is 1. The highest BCUT2D eigenvalue weighted by Gasteiger charge is 2.04. The van der Waals surface area contributed by atoms with E-state index in [0.717, 1.165) is 0 Å². The molecule has 0 saturated heterocycles. The normalized spacial score (nSPS) is 10.0. The Morgan fingerprint density at radius 2 is 2.06 bits per heavy atom. The quantitative estimate of drug-likeness (QED) is 0.853. The van der Waals surface area contributed by atoms with Crippen molar-refractivity contribution in [3.05, 3.63) is 24.3 Å². The lowest BCUT2D eigenvalue weighted by molar-refractivity contribution is -0.114. The number of carbonyl (C=O) groups is 1. The van der Waals surface area contributed by atoms with Crippen LogP contribution >= 0.6 is 0 Å². The Hall–Kier alpha value is -2.44. The molecule has 0 spiro atoms. The molecule has 1 N–H and O–H groups in total. The fourth-order valence-electron chi connectivity index (χ4n) is 1.22. The van der Waals surface area contributed by atoms with Gasteiger partial charge in [0.05, 0.1) is 0 Å². The van der Waals surface area contributed by atoms with Crippen LogP contribution in [0.25, 0.3) is 0 Å². The van der Waals surface area contributed by atoms with Gasteiger partial charge in [0.15, 0.2) is 0 Å². The summed E-state index contributed by atoms with van der Waals surface area (Å²) in [4.78, 5) is 10.8. The van der Waals surface area contributed by atoms with Crippen molar-refractivity contribution in [2.45, 2.75) is 6.92 Å². The van der Waals surface area contributed by atoms with Crippen molar-refractivity contribution in [3.8, 4) is 11.8 Å². The summed E-state index contributed by atoms with van der Waals surface area (Å²) >= 11 is 0. The second-order valence-electron chi connectivity index (χ2n) is 3.39. The molecule has 88 valence electrons. The number of aryl methyl sites for hydroxylation is 1. The van der Waals surface area contributed by atoms with Crippen molar-refractivity contribution >= 4 is 11.6 Å². The van der Waals surface area contributed by atoms with Crippen LogP contribution in [0, 0.1) is 0 Å². The SMILES string of the molecule is CC(=O)Nc1ccc(Oc2nnnn2C)cc1. The molecule has 1 amide bonds. The Labute approximate surface area is 97.4 Å². The van der Waals surface area contributed by atoms with Gasteiger partial charge in [0.1, 0.15) is 5.75 Å². The van der Waals surface area contributed by atoms with Crippen LogP contribution in [0.2, 0.25) is 0 Å². The summed E-state index contributed by atoms with van der Waals surface area (Å²) < 4.78 is 6.84. The van der Waals surface area contributed by atoms with Gasteiger partial charge in [-0.05, 0) is 34.7 Å². The molecule has 0 fully saturated rings. The monoisotopic (exact) mass is 233 g/mol. The van der Waals surface area contributed by atoms with Gasteiger partial charge in [-0.3, -0.25) is 4.79 Å².